The van der Waals surface area contributed by atoms with Crippen molar-refractivity contribution in [1.82, 2.24) is 5.32 Å². The number of fused-ring (bicyclic) bond motifs is 1. The molecule has 1 fully saturated rings. The Balaban J connectivity index is 1.64. The van der Waals surface area contributed by atoms with Gasteiger partial charge in [-0.2, -0.15) is 0 Å². The van der Waals surface area contributed by atoms with Gasteiger partial charge in [-0.15, -0.1) is 0 Å². The van der Waals surface area contributed by atoms with Gasteiger partial charge < -0.3 is 15.4 Å². The van der Waals surface area contributed by atoms with Crippen molar-refractivity contribution in [3.63, 3.8) is 0 Å². The largest absolute Gasteiger partial charge is 0.482 e. The lowest BCUT2D eigenvalue weighted by Gasteiger charge is -2.22. The van der Waals surface area contributed by atoms with Crippen LogP contribution >= 0.6 is 0 Å². The van der Waals surface area contributed by atoms with E-state index in [-0.39, 0.29) is 35.8 Å². The number of anilines is 1. The first-order chi connectivity index (χ1) is 13.4. The summed E-state index contributed by atoms with van der Waals surface area (Å²) in [6, 6.07) is 4.52. The first-order valence-electron chi connectivity index (χ1n) is 9.96. The van der Waals surface area contributed by atoms with Crippen LogP contribution in [-0.2, 0) is 19.4 Å². The van der Waals surface area contributed by atoms with Crippen LogP contribution in [0.5, 0.6) is 5.75 Å². The molecule has 3 rings (SSSR count). The van der Waals surface area contributed by atoms with Crippen LogP contribution in [0, 0.1) is 0 Å². The zero-order chi connectivity index (χ0) is 20.1. The van der Waals surface area contributed by atoms with E-state index in [2.05, 4.69) is 10.6 Å². The molecule has 8 heteroatoms. The van der Waals surface area contributed by atoms with Crippen molar-refractivity contribution in [3.8, 4) is 5.75 Å². The van der Waals surface area contributed by atoms with Crippen molar-refractivity contribution in [1.29, 1.82) is 0 Å². The quantitative estimate of drug-likeness (QED) is 0.780. The number of carbonyl (C=O) groups excluding carboxylic acids is 2. The highest BCUT2D eigenvalue weighted by Crippen LogP contribution is 2.31. The molecule has 2 aliphatic rings. The van der Waals surface area contributed by atoms with Crippen LogP contribution in [0.15, 0.2) is 23.1 Å². The molecule has 1 saturated carbocycles. The van der Waals surface area contributed by atoms with Crippen molar-refractivity contribution in [2.24, 2.45) is 0 Å². The molecular formula is C20H28N2O5S. The second-order valence-corrected chi connectivity index (χ2v) is 10.0. The van der Waals surface area contributed by atoms with Crippen LogP contribution in [0.1, 0.15) is 58.3 Å². The molecule has 2 N–H and O–H groups in total. The number of sulfone groups is 1. The average Bonchev–Trinajstić information content (AvgIpc) is 2.63. The molecule has 0 spiro atoms. The predicted molar refractivity (Wildman–Crippen MR) is 106 cm³/mol. The second-order valence-electron chi connectivity index (χ2n) is 7.66. The maximum atomic E-state index is 12.9. The molecule has 1 unspecified atom stereocenters. The fourth-order valence-electron chi connectivity index (χ4n) is 3.73. The van der Waals surface area contributed by atoms with E-state index in [1.807, 2.05) is 0 Å². The highest BCUT2D eigenvalue weighted by atomic mass is 32.2. The van der Waals surface area contributed by atoms with Crippen LogP contribution in [0.25, 0.3) is 0 Å². The van der Waals surface area contributed by atoms with Gasteiger partial charge in [-0.05, 0) is 38.0 Å². The normalized spacial score (nSPS) is 19.4. The lowest BCUT2D eigenvalue weighted by molar-refractivity contribution is -0.122. The Labute approximate surface area is 166 Å². The van der Waals surface area contributed by atoms with E-state index in [9.17, 15) is 18.0 Å². The number of carbonyl (C=O) groups is 2. The van der Waals surface area contributed by atoms with Crippen molar-refractivity contribution in [2.75, 3.05) is 11.9 Å². The van der Waals surface area contributed by atoms with Gasteiger partial charge in [-0.25, -0.2) is 8.42 Å². The van der Waals surface area contributed by atoms with Gasteiger partial charge >= 0.3 is 0 Å². The highest BCUT2D eigenvalue weighted by molar-refractivity contribution is 7.92. The molecule has 2 amide bonds. The lowest BCUT2D eigenvalue weighted by Crippen LogP contribution is -2.37. The standard InChI is InChI=1S/C20H28N2O5S/c1-14(11-19(23)21-15-7-5-3-2-4-6-8-15)28(25,26)16-9-10-18-17(12-16)22-20(24)13-27-18/h9-10,12,14-15H,2-8,11,13H2,1H3,(H,21,23)(H,22,24). The third kappa shape index (κ3) is 5.04. The zero-order valence-electron chi connectivity index (χ0n) is 16.2. The fraction of sp³-hybridized carbons (Fsp3) is 0.600. The molecule has 1 aromatic rings. The molecule has 28 heavy (non-hydrogen) atoms. The molecule has 0 radical (unpaired) electrons. The number of hydrogen-bond acceptors (Lipinski definition) is 5. The Hall–Kier alpha value is -2.09. The van der Waals surface area contributed by atoms with Gasteiger partial charge in [0.1, 0.15) is 5.75 Å². The van der Waals surface area contributed by atoms with Gasteiger partial charge in [-0.1, -0.05) is 32.1 Å². The van der Waals surface area contributed by atoms with Gasteiger partial charge in [-0.3, -0.25) is 9.59 Å². The molecule has 1 heterocycles. The Morgan fingerprint density at radius 3 is 2.61 bits per heavy atom. The monoisotopic (exact) mass is 408 g/mol. The van der Waals surface area contributed by atoms with E-state index in [1.54, 1.807) is 6.92 Å². The molecule has 0 bridgehead atoms. The van der Waals surface area contributed by atoms with Gasteiger partial charge in [0.15, 0.2) is 16.4 Å². The van der Waals surface area contributed by atoms with E-state index in [4.69, 9.17) is 4.74 Å². The molecular weight excluding hydrogens is 380 g/mol. The van der Waals surface area contributed by atoms with E-state index in [1.165, 1.54) is 37.5 Å². The Bertz CT molecular complexity index is 829. The average molecular weight is 409 g/mol. The summed E-state index contributed by atoms with van der Waals surface area (Å²) in [5.41, 5.74) is 0.337. The SMILES string of the molecule is CC(CC(=O)NC1CCCCCCC1)S(=O)(=O)c1ccc2c(c1)NC(=O)CO2. The number of rotatable bonds is 5. The molecule has 1 aliphatic heterocycles. The minimum Gasteiger partial charge on any atom is -0.482 e. The Morgan fingerprint density at radius 1 is 1.21 bits per heavy atom. The molecule has 1 atom stereocenters. The number of ether oxygens (including phenoxy) is 1. The summed E-state index contributed by atoms with van der Waals surface area (Å²) in [6.45, 7) is 1.46. The van der Waals surface area contributed by atoms with Crippen LogP contribution in [0.3, 0.4) is 0 Å². The van der Waals surface area contributed by atoms with Crippen molar-refractivity contribution in [2.45, 2.75) is 74.5 Å². The maximum absolute atomic E-state index is 12.9. The number of hydrogen-bond donors (Lipinski definition) is 2. The minimum absolute atomic E-state index is 0.0725. The highest BCUT2D eigenvalue weighted by Gasteiger charge is 2.28. The fourth-order valence-corrected chi connectivity index (χ4v) is 5.10. The molecule has 1 aromatic carbocycles. The molecule has 154 valence electrons. The van der Waals surface area contributed by atoms with Crippen molar-refractivity contribution in [3.05, 3.63) is 18.2 Å². The predicted octanol–water partition coefficient (Wildman–Crippen LogP) is 2.80. The summed E-state index contributed by atoms with van der Waals surface area (Å²) >= 11 is 0. The molecule has 1 aliphatic carbocycles. The number of benzene rings is 1. The van der Waals surface area contributed by atoms with Gasteiger partial charge in [0.2, 0.25) is 5.91 Å². The van der Waals surface area contributed by atoms with Crippen LogP contribution < -0.4 is 15.4 Å². The maximum Gasteiger partial charge on any atom is 0.262 e. The number of amides is 2. The summed E-state index contributed by atoms with van der Waals surface area (Å²) < 4.78 is 31.0. The zero-order valence-corrected chi connectivity index (χ0v) is 17.0. The molecule has 0 aromatic heterocycles. The van der Waals surface area contributed by atoms with Crippen molar-refractivity contribution >= 4 is 27.3 Å². The summed E-state index contributed by atoms with van der Waals surface area (Å²) in [4.78, 5) is 24.0. The Kier molecular flexibility index (Phi) is 6.59. The summed E-state index contributed by atoms with van der Waals surface area (Å²) in [5, 5.41) is 4.76. The lowest BCUT2D eigenvalue weighted by atomic mass is 9.96. The van der Waals surface area contributed by atoms with E-state index >= 15 is 0 Å². The Morgan fingerprint density at radius 2 is 1.89 bits per heavy atom. The first-order valence-corrected chi connectivity index (χ1v) is 11.5. The summed E-state index contributed by atoms with van der Waals surface area (Å²) in [5.74, 6) is -0.113. The van der Waals surface area contributed by atoms with E-state index in [0.717, 1.165) is 25.7 Å². The minimum atomic E-state index is -3.71. The summed E-state index contributed by atoms with van der Waals surface area (Å²) in [7, 11) is -3.71. The van der Waals surface area contributed by atoms with Crippen molar-refractivity contribution < 1.29 is 22.7 Å². The van der Waals surface area contributed by atoms with Gasteiger partial charge in [0.05, 0.1) is 15.8 Å². The van der Waals surface area contributed by atoms with Crippen LogP contribution in [0.2, 0.25) is 0 Å². The second kappa shape index (κ2) is 8.94. The van der Waals surface area contributed by atoms with E-state index < -0.39 is 15.1 Å². The molecule has 0 saturated heterocycles. The number of nitrogens with one attached hydrogen (secondary N) is 2. The summed E-state index contributed by atoms with van der Waals surface area (Å²) in [6.07, 6.45) is 7.66. The topological polar surface area (TPSA) is 102 Å². The smallest absolute Gasteiger partial charge is 0.262 e. The third-order valence-electron chi connectivity index (χ3n) is 5.39. The van der Waals surface area contributed by atoms with Gasteiger partial charge in [0.25, 0.3) is 5.91 Å². The third-order valence-corrected chi connectivity index (χ3v) is 7.52. The van der Waals surface area contributed by atoms with Crippen LogP contribution in [-0.4, -0.2) is 38.1 Å². The molecule has 7 nitrogen and oxygen atoms in total. The van der Waals surface area contributed by atoms with Crippen LogP contribution in [0.4, 0.5) is 5.69 Å². The van der Waals surface area contributed by atoms with E-state index in [0.29, 0.717) is 11.4 Å². The van der Waals surface area contributed by atoms with Gasteiger partial charge in [0, 0.05) is 12.5 Å². The first kappa shape index (κ1) is 20.6.